The number of anilines is 1. The Kier molecular flexibility index (Phi) is 4.86. The average Bonchev–Trinajstić information content (AvgIpc) is 2.91. The number of hydrogen-bond donors (Lipinski definition) is 2. The minimum absolute atomic E-state index is 0.176. The largest absolute Gasteiger partial charge is 0.342 e. The maximum Gasteiger partial charge on any atom is 0.236 e. The number of carbonyl (C=O) groups is 1. The number of nitrogen functional groups attached to an aromatic ring is 1. The van der Waals surface area contributed by atoms with Crippen LogP contribution in [0.25, 0.3) is 0 Å². The third-order valence-electron chi connectivity index (χ3n) is 3.32. The van der Waals surface area contributed by atoms with Crippen molar-refractivity contribution in [1.82, 2.24) is 19.8 Å². The van der Waals surface area contributed by atoms with Gasteiger partial charge >= 0.3 is 0 Å². The third-order valence-corrected chi connectivity index (χ3v) is 3.32. The second-order valence-electron chi connectivity index (χ2n) is 5.22. The first kappa shape index (κ1) is 14.7. The van der Waals surface area contributed by atoms with Gasteiger partial charge in [0.05, 0.1) is 13.1 Å². The zero-order valence-corrected chi connectivity index (χ0v) is 12.1. The number of amides is 1. The van der Waals surface area contributed by atoms with Gasteiger partial charge in [0.15, 0.2) is 0 Å². The van der Waals surface area contributed by atoms with Gasteiger partial charge < -0.3 is 10.3 Å². The molecule has 1 aromatic rings. The number of nitrogens with zero attached hydrogens (tertiary/aromatic N) is 4. The number of hydrogen-bond acceptors (Lipinski definition) is 6. The molecule has 7 nitrogen and oxygen atoms in total. The highest BCUT2D eigenvalue weighted by molar-refractivity contribution is 5.78. The Morgan fingerprint density at radius 2 is 2.15 bits per heavy atom. The zero-order valence-electron chi connectivity index (χ0n) is 12.1. The lowest BCUT2D eigenvalue weighted by atomic mass is 10.4. The molecular weight excluding hydrogens is 256 g/mol. The molecule has 1 amide bonds. The number of nitrogens with one attached hydrogen (secondary N) is 1. The van der Waals surface area contributed by atoms with E-state index in [0.29, 0.717) is 24.7 Å². The van der Waals surface area contributed by atoms with Crippen molar-refractivity contribution >= 4 is 11.7 Å². The minimum atomic E-state index is 0.176. The quantitative estimate of drug-likeness (QED) is 0.588. The molecule has 7 heteroatoms. The summed E-state index contributed by atoms with van der Waals surface area (Å²) in [4.78, 5) is 24.5. The van der Waals surface area contributed by atoms with Gasteiger partial charge in [0.2, 0.25) is 5.91 Å². The zero-order chi connectivity index (χ0) is 14.5. The summed E-state index contributed by atoms with van der Waals surface area (Å²) < 4.78 is 0. The van der Waals surface area contributed by atoms with E-state index in [1.165, 1.54) is 0 Å². The lowest BCUT2D eigenvalue weighted by molar-refractivity contribution is -0.131. The summed E-state index contributed by atoms with van der Waals surface area (Å²) in [5.41, 5.74) is 3.37. The van der Waals surface area contributed by atoms with E-state index in [0.717, 1.165) is 31.6 Å². The fourth-order valence-corrected chi connectivity index (χ4v) is 2.37. The molecule has 1 saturated heterocycles. The molecular formula is C13H22N6O. The predicted molar refractivity (Wildman–Crippen MR) is 76.7 cm³/mol. The number of aryl methyl sites for hydroxylation is 1. The highest BCUT2D eigenvalue weighted by Gasteiger charge is 2.19. The normalized spacial score (nSPS) is 14.9. The molecule has 0 spiro atoms. The molecule has 1 fully saturated rings. The van der Waals surface area contributed by atoms with Gasteiger partial charge in [-0.25, -0.2) is 15.8 Å². The summed E-state index contributed by atoms with van der Waals surface area (Å²) >= 11 is 0. The molecule has 1 aromatic heterocycles. The van der Waals surface area contributed by atoms with Crippen LogP contribution in [0, 0.1) is 6.92 Å². The SMILES string of the molecule is Cc1cc(NN)nc(CN(C)CC(=O)N2CCCC2)n1. The van der Waals surface area contributed by atoms with Gasteiger partial charge in [0.25, 0.3) is 0 Å². The lowest BCUT2D eigenvalue weighted by Crippen LogP contribution is -2.37. The van der Waals surface area contributed by atoms with Crippen molar-refractivity contribution in [3.63, 3.8) is 0 Å². The molecule has 1 aliphatic rings. The van der Waals surface area contributed by atoms with Crippen LogP contribution >= 0.6 is 0 Å². The van der Waals surface area contributed by atoms with Crippen molar-refractivity contribution in [2.24, 2.45) is 5.84 Å². The van der Waals surface area contributed by atoms with Crippen LogP contribution in [0.2, 0.25) is 0 Å². The van der Waals surface area contributed by atoms with E-state index >= 15 is 0 Å². The minimum Gasteiger partial charge on any atom is -0.342 e. The summed E-state index contributed by atoms with van der Waals surface area (Å²) in [5, 5.41) is 0. The molecule has 0 radical (unpaired) electrons. The van der Waals surface area contributed by atoms with Gasteiger partial charge in [-0.3, -0.25) is 9.69 Å². The molecule has 0 unspecified atom stereocenters. The fraction of sp³-hybridized carbons (Fsp3) is 0.615. The highest BCUT2D eigenvalue weighted by Crippen LogP contribution is 2.09. The Morgan fingerprint density at radius 1 is 1.45 bits per heavy atom. The van der Waals surface area contributed by atoms with Crippen LogP contribution in [-0.4, -0.2) is 52.4 Å². The fourth-order valence-electron chi connectivity index (χ4n) is 2.37. The van der Waals surface area contributed by atoms with Crippen LogP contribution < -0.4 is 11.3 Å². The number of likely N-dealkylation sites (N-methyl/N-ethyl adjacent to an activating group) is 1. The van der Waals surface area contributed by atoms with E-state index in [2.05, 4.69) is 15.4 Å². The van der Waals surface area contributed by atoms with E-state index in [9.17, 15) is 4.79 Å². The summed E-state index contributed by atoms with van der Waals surface area (Å²) in [5.74, 6) is 6.79. The van der Waals surface area contributed by atoms with E-state index in [-0.39, 0.29) is 5.91 Å². The van der Waals surface area contributed by atoms with Crippen LogP contribution in [0.5, 0.6) is 0 Å². The first-order valence-electron chi connectivity index (χ1n) is 6.86. The van der Waals surface area contributed by atoms with Crippen molar-refractivity contribution in [3.8, 4) is 0 Å². The van der Waals surface area contributed by atoms with Crippen molar-refractivity contribution in [2.45, 2.75) is 26.3 Å². The van der Waals surface area contributed by atoms with Crippen molar-refractivity contribution < 1.29 is 4.79 Å². The number of rotatable bonds is 5. The van der Waals surface area contributed by atoms with E-state index in [4.69, 9.17) is 5.84 Å². The van der Waals surface area contributed by atoms with Gasteiger partial charge in [0.1, 0.15) is 11.6 Å². The molecule has 0 aliphatic carbocycles. The first-order valence-corrected chi connectivity index (χ1v) is 6.86. The smallest absolute Gasteiger partial charge is 0.236 e. The first-order chi connectivity index (χ1) is 9.58. The highest BCUT2D eigenvalue weighted by atomic mass is 16.2. The van der Waals surface area contributed by atoms with E-state index in [1.807, 2.05) is 23.8 Å². The maximum atomic E-state index is 12.0. The number of aromatic nitrogens is 2. The van der Waals surface area contributed by atoms with Crippen LogP contribution in [0.4, 0.5) is 5.82 Å². The molecule has 0 aromatic carbocycles. The Labute approximate surface area is 119 Å². The van der Waals surface area contributed by atoms with Gasteiger partial charge in [0, 0.05) is 24.8 Å². The molecule has 110 valence electrons. The van der Waals surface area contributed by atoms with Crippen LogP contribution in [0.15, 0.2) is 6.07 Å². The Bertz CT molecular complexity index is 472. The number of hydrazine groups is 1. The molecule has 0 atom stereocenters. The van der Waals surface area contributed by atoms with Crippen molar-refractivity contribution in [2.75, 3.05) is 32.1 Å². The molecule has 0 saturated carbocycles. The number of nitrogens with two attached hydrogens (primary N) is 1. The van der Waals surface area contributed by atoms with Crippen LogP contribution in [0.1, 0.15) is 24.4 Å². The Morgan fingerprint density at radius 3 is 2.80 bits per heavy atom. The van der Waals surface area contributed by atoms with Crippen molar-refractivity contribution in [3.05, 3.63) is 17.6 Å². The van der Waals surface area contributed by atoms with Gasteiger partial charge in [-0.15, -0.1) is 0 Å². The lowest BCUT2D eigenvalue weighted by Gasteiger charge is -2.20. The van der Waals surface area contributed by atoms with E-state index in [1.54, 1.807) is 6.07 Å². The predicted octanol–water partition coefficient (Wildman–Crippen LogP) is 0.125. The molecule has 0 bridgehead atoms. The number of likely N-dealkylation sites (tertiary alicyclic amines) is 1. The summed E-state index contributed by atoms with van der Waals surface area (Å²) in [7, 11) is 1.90. The summed E-state index contributed by atoms with van der Waals surface area (Å²) in [6.45, 7) is 4.57. The molecule has 20 heavy (non-hydrogen) atoms. The maximum absolute atomic E-state index is 12.0. The standard InChI is InChI=1S/C13H22N6O/c1-10-7-11(17-14)16-12(15-10)8-18(2)9-13(20)19-5-3-4-6-19/h7H,3-6,8-9,14H2,1-2H3,(H,15,16,17). The molecule has 3 N–H and O–H groups in total. The Hall–Kier alpha value is -1.73. The topological polar surface area (TPSA) is 87.4 Å². The molecule has 2 heterocycles. The second kappa shape index (κ2) is 6.62. The molecule has 1 aliphatic heterocycles. The van der Waals surface area contributed by atoms with Crippen LogP contribution in [0.3, 0.4) is 0 Å². The monoisotopic (exact) mass is 278 g/mol. The van der Waals surface area contributed by atoms with Crippen molar-refractivity contribution in [1.29, 1.82) is 0 Å². The van der Waals surface area contributed by atoms with Crippen LogP contribution in [-0.2, 0) is 11.3 Å². The van der Waals surface area contributed by atoms with Gasteiger partial charge in [-0.2, -0.15) is 0 Å². The van der Waals surface area contributed by atoms with Gasteiger partial charge in [-0.05, 0) is 26.8 Å². The Balaban J connectivity index is 1.91. The average molecular weight is 278 g/mol. The summed E-state index contributed by atoms with van der Waals surface area (Å²) in [6.07, 6.45) is 2.23. The summed E-state index contributed by atoms with van der Waals surface area (Å²) in [6, 6.07) is 1.78. The number of carbonyl (C=O) groups excluding carboxylic acids is 1. The second-order valence-corrected chi connectivity index (χ2v) is 5.22. The van der Waals surface area contributed by atoms with E-state index < -0.39 is 0 Å². The molecule has 2 rings (SSSR count). The third kappa shape index (κ3) is 3.88. The van der Waals surface area contributed by atoms with Gasteiger partial charge in [-0.1, -0.05) is 0 Å².